The van der Waals surface area contributed by atoms with Crippen LogP contribution in [0.5, 0.6) is 0 Å². The molecule has 2 aromatic heterocycles. The molecule has 3 aromatic rings. The van der Waals surface area contributed by atoms with Crippen molar-refractivity contribution in [3.8, 4) is 11.7 Å². The summed E-state index contributed by atoms with van der Waals surface area (Å²) in [5, 5.41) is 9.82. The first-order chi connectivity index (χ1) is 12.8. The van der Waals surface area contributed by atoms with E-state index in [0.717, 1.165) is 12.1 Å². The number of carbonyl (C=O) groups is 1. The van der Waals surface area contributed by atoms with Crippen molar-refractivity contribution < 1.29 is 26.4 Å². The molecule has 0 fully saturated rings. The normalized spacial score (nSPS) is 11.5. The van der Waals surface area contributed by atoms with Gasteiger partial charge in [-0.2, -0.15) is 0 Å². The fourth-order valence-corrected chi connectivity index (χ4v) is 3.78. The van der Waals surface area contributed by atoms with Gasteiger partial charge in [0.15, 0.2) is 20.3 Å². The first kappa shape index (κ1) is 19.2. The minimum absolute atomic E-state index is 0.00969. The maximum Gasteiger partial charge on any atom is 0.322 e. The first-order valence-corrected chi connectivity index (χ1v) is 10.2. The van der Waals surface area contributed by atoms with Crippen LogP contribution in [0.2, 0.25) is 0 Å². The molecule has 0 unspecified atom stereocenters. The van der Waals surface area contributed by atoms with E-state index in [1.807, 2.05) is 0 Å². The van der Waals surface area contributed by atoms with Gasteiger partial charge in [-0.15, -0.1) is 5.10 Å². The van der Waals surface area contributed by atoms with Crippen LogP contribution in [0.4, 0.5) is 10.4 Å². The Morgan fingerprint density at radius 2 is 1.85 bits per heavy atom. The van der Waals surface area contributed by atoms with Gasteiger partial charge in [-0.25, -0.2) is 12.8 Å². The third-order valence-electron chi connectivity index (χ3n) is 3.44. The lowest BCUT2D eigenvalue weighted by Gasteiger charge is -2.04. The Kier molecular flexibility index (Phi) is 5.71. The molecule has 3 rings (SSSR count). The monoisotopic (exact) mass is 457 g/mol. The minimum Gasteiger partial charge on any atom is -0.444 e. The Morgan fingerprint density at radius 3 is 2.52 bits per heavy atom. The summed E-state index contributed by atoms with van der Waals surface area (Å²) < 4.78 is 48.2. The van der Waals surface area contributed by atoms with Gasteiger partial charge in [0.1, 0.15) is 5.82 Å². The van der Waals surface area contributed by atoms with Gasteiger partial charge in [0, 0.05) is 6.42 Å². The standard InChI is InChI=1S/C16H13BrFN3O5S/c17-13-8-7-12(25-13)15-20-21-16(26-15)19-14(22)2-1-9-27(23,24)11-5-3-10(18)4-6-11/h3-8H,1-2,9H2,(H,19,21,22). The molecule has 1 aromatic carbocycles. The lowest BCUT2D eigenvalue weighted by molar-refractivity contribution is -0.116. The van der Waals surface area contributed by atoms with Crippen LogP contribution in [0.15, 0.2) is 54.8 Å². The van der Waals surface area contributed by atoms with E-state index in [-0.39, 0.29) is 35.4 Å². The van der Waals surface area contributed by atoms with E-state index in [1.165, 1.54) is 12.1 Å². The van der Waals surface area contributed by atoms with Crippen molar-refractivity contribution in [1.82, 2.24) is 10.2 Å². The molecular formula is C16H13BrFN3O5S. The predicted molar refractivity (Wildman–Crippen MR) is 96.0 cm³/mol. The van der Waals surface area contributed by atoms with Crippen LogP contribution in [0.1, 0.15) is 12.8 Å². The molecule has 0 aliphatic carbocycles. The zero-order valence-electron chi connectivity index (χ0n) is 13.7. The van der Waals surface area contributed by atoms with Gasteiger partial charge in [0.2, 0.25) is 5.91 Å². The highest BCUT2D eigenvalue weighted by atomic mass is 79.9. The third kappa shape index (κ3) is 5.01. The molecule has 0 aliphatic rings. The van der Waals surface area contributed by atoms with Crippen molar-refractivity contribution in [2.75, 3.05) is 11.1 Å². The first-order valence-electron chi connectivity index (χ1n) is 7.71. The lowest BCUT2D eigenvalue weighted by Crippen LogP contribution is -2.14. The highest BCUT2D eigenvalue weighted by molar-refractivity contribution is 9.10. The Bertz CT molecular complexity index is 1050. The largest absolute Gasteiger partial charge is 0.444 e. The van der Waals surface area contributed by atoms with Crippen molar-refractivity contribution in [3.63, 3.8) is 0 Å². The number of carbonyl (C=O) groups excluding carboxylic acids is 1. The van der Waals surface area contributed by atoms with E-state index in [1.54, 1.807) is 12.1 Å². The topological polar surface area (TPSA) is 115 Å². The number of hydrogen-bond donors (Lipinski definition) is 1. The fraction of sp³-hybridized carbons (Fsp3) is 0.188. The number of rotatable bonds is 7. The number of anilines is 1. The predicted octanol–water partition coefficient (Wildman–Crippen LogP) is 3.42. The fourth-order valence-electron chi connectivity index (χ4n) is 2.17. The number of furan rings is 1. The van der Waals surface area contributed by atoms with Crippen LogP contribution >= 0.6 is 15.9 Å². The molecule has 0 saturated heterocycles. The van der Waals surface area contributed by atoms with Gasteiger partial charge in [-0.05, 0) is 58.7 Å². The van der Waals surface area contributed by atoms with Crippen molar-refractivity contribution >= 4 is 37.7 Å². The third-order valence-corrected chi connectivity index (χ3v) is 5.69. The number of benzene rings is 1. The number of halogens is 2. The molecule has 2 heterocycles. The summed E-state index contributed by atoms with van der Waals surface area (Å²) in [5.41, 5.74) is 0. The van der Waals surface area contributed by atoms with Crippen molar-refractivity contribution in [2.24, 2.45) is 0 Å². The van der Waals surface area contributed by atoms with Crippen LogP contribution in [-0.2, 0) is 14.6 Å². The molecule has 0 saturated carbocycles. The quantitative estimate of drug-likeness (QED) is 0.540. The van der Waals surface area contributed by atoms with Crippen LogP contribution in [-0.4, -0.2) is 30.3 Å². The highest BCUT2D eigenvalue weighted by Gasteiger charge is 2.17. The zero-order chi connectivity index (χ0) is 19.4. The number of sulfone groups is 1. The van der Waals surface area contributed by atoms with Crippen molar-refractivity contribution in [3.05, 3.63) is 46.9 Å². The average Bonchev–Trinajstić information content (AvgIpc) is 3.24. The molecule has 0 aliphatic heterocycles. The molecule has 0 radical (unpaired) electrons. The molecule has 0 bridgehead atoms. The van der Waals surface area contributed by atoms with E-state index in [2.05, 4.69) is 31.4 Å². The molecule has 142 valence electrons. The molecular weight excluding hydrogens is 445 g/mol. The second kappa shape index (κ2) is 8.01. The summed E-state index contributed by atoms with van der Waals surface area (Å²) in [6, 6.07) is 7.68. The van der Waals surface area contributed by atoms with Gasteiger partial charge in [0.25, 0.3) is 5.89 Å². The Labute approximate surface area is 161 Å². The maximum atomic E-state index is 12.9. The minimum atomic E-state index is -3.59. The van der Waals surface area contributed by atoms with Gasteiger partial charge in [0.05, 0.1) is 10.6 Å². The maximum absolute atomic E-state index is 12.9. The van der Waals surface area contributed by atoms with Crippen LogP contribution in [0.3, 0.4) is 0 Å². The molecule has 0 atom stereocenters. The van der Waals surface area contributed by atoms with Crippen LogP contribution in [0.25, 0.3) is 11.7 Å². The van der Waals surface area contributed by atoms with E-state index in [4.69, 9.17) is 8.83 Å². The van der Waals surface area contributed by atoms with Crippen LogP contribution in [0, 0.1) is 5.82 Å². The molecule has 1 N–H and O–H groups in total. The Hall–Kier alpha value is -2.53. The van der Waals surface area contributed by atoms with Crippen molar-refractivity contribution in [2.45, 2.75) is 17.7 Å². The van der Waals surface area contributed by atoms with E-state index >= 15 is 0 Å². The van der Waals surface area contributed by atoms with Crippen LogP contribution < -0.4 is 5.32 Å². The molecule has 27 heavy (non-hydrogen) atoms. The Balaban J connectivity index is 1.51. The Morgan fingerprint density at radius 1 is 1.11 bits per heavy atom. The summed E-state index contributed by atoms with van der Waals surface area (Å²) in [4.78, 5) is 11.9. The van der Waals surface area contributed by atoms with Gasteiger partial charge >= 0.3 is 6.01 Å². The highest BCUT2D eigenvalue weighted by Crippen LogP contribution is 2.25. The van der Waals surface area contributed by atoms with Crippen molar-refractivity contribution in [1.29, 1.82) is 0 Å². The number of amides is 1. The average molecular weight is 458 g/mol. The lowest BCUT2D eigenvalue weighted by atomic mass is 10.3. The second-order valence-corrected chi connectivity index (χ2v) is 8.33. The summed E-state index contributed by atoms with van der Waals surface area (Å²) in [6.45, 7) is 0. The van der Waals surface area contributed by atoms with E-state index < -0.39 is 21.6 Å². The second-order valence-electron chi connectivity index (χ2n) is 5.44. The molecule has 0 spiro atoms. The smallest absolute Gasteiger partial charge is 0.322 e. The summed E-state index contributed by atoms with van der Waals surface area (Å²) in [6.07, 6.45) is 0.0160. The summed E-state index contributed by atoms with van der Waals surface area (Å²) in [7, 11) is -3.59. The van der Waals surface area contributed by atoms with E-state index in [9.17, 15) is 17.6 Å². The van der Waals surface area contributed by atoms with E-state index in [0.29, 0.717) is 10.4 Å². The molecule has 11 heteroatoms. The molecule has 8 nitrogen and oxygen atoms in total. The van der Waals surface area contributed by atoms with Gasteiger partial charge in [-0.1, -0.05) is 5.10 Å². The number of aromatic nitrogens is 2. The summed E-state index contributed by atoms with van der Waals surface area (Å²) in [5.74, 6) is -0.814. The summed E-state index contributed by atoms with van der Waals surface area (Å²) >= 11 is 3.15. The molecule has 1 amide bonds. The zero-order valence-corrected chi connectivity index (χ0v) is 16.1. The number of nitrogens with zero attached hydrogens (tertiary/aromatic N) is 2. The number of hydrogen-bond acceptors (Lipinski definition) is 7. The number of nitrogens with one attached hydrogen (secondary N) is 1. The van der Waals surface area contributed by atoms with Gasteiger partial charge in [-0.3, -0.25) is 10.1 Å². The SMILES string of the molecule is O=C(CCCS(=O)(=O)c1ccc(F)cc1)Nc1nnc(-c2ccc(Br)o2)o1. The van der Waals surface area contributed by atoms with Gasteiger partial charge < -0.3 is 8.83 Å².